The summed E-state index contributed by atoms with van der Waals surface area (Å²) in [6, 6.07) is 0.320. The van der Waals surface area contributed by atoms with Gasteiger partial charge in [0.2, 0.25) is 10.0 Å². The number of piperidine rings is 1. The van der Waals surface area contributed by atoms with Gasteiger partial charge in [-0.2, -0.15) is 9.40 Å². The molecule has 0 aliphatic carbocycles. The molecule has 2 atom stereocenters. The molecule has 7 heteroatoms. The Hall–Kier alpha value is -0.920. The van der Waals surface area contributed by atoms with Gasteiger partial charge >= 0.3 is 0 Å². The molecule has 0 aromatic carbocycles. The van der Waals surface area contributed by atoms with E-state index in [9.17, 15) is 8.42 Å². The summed E-state index contributed by atoms with van der Waals surface area (Å²) in [6.07, 6.45) is 3.66. The maximum atomic E-state index is 12.5. The average Bonchev–Trinajstić information content (AvgIpc) is 2.94. The summed E-state index contributed by atoms with van der Waals surface area (Å²) >= 11 is 0. The van der Waals surface area contributed by atoms with Crippen LogP contribution in [0.2, 0.25) is 0 Å². The first-order valence-corrected chi connectivity index (χ1v) is 7.76. The van der Waals surface area contributed by atoms with Crippen molar-refractivity contribution in [3.05, 3.63) is 11.9 Å². The molecule has 2 N–H and O–H groups in total. The van der Waals surface area contributed by atoms with E-state index in [1.165, 1.54) is 6.20 Å². The van der Waals surface area contributed by atoms with Crippen LogP contribution in [-0.2, 0) is 10.0 Å². The van der Waals surface area contributed by atoms with E-state index < -0.39 is 10.0 Å². The van der Waals surface area contributed by atoms with Gasteiger partial charge in [0.25, 0.3) is 0 Å². The van der Waals surface area contributed by atoms with E-state index in [0.29, 0.717) is 35.6 Å². The second-order valence-electron chi connectivity index (χ2n) is 5.14. The van der Waals surface area contributed by atoms with Crippen LogP contribution in [0.25, 0.3) is 0 Å². The summed E-state index contributed by atoms with van der Waals surface area (Å²) < 4.78 is 26.6. The van der Waals surface area contributed by atoms with Crippen molar-refractivity contribution in [2.45, 2.75) is 30.7 Å². The zero-order valence-corrected chi connectivity index (χ0v) is 11.2. The molecule has 18 heavy (non-hydrogen) atoms. The van der Waals surface area contributed by atoms with Crippen LogP contribution in [0.1, 0.15) is 18.5 Å². The predicted octanol–water partition coefficient (Wildman–Crippen LogP) is 0.0906. The van der Waals surface area contributed by atoms with Gasteiger partial charge in [0.05, 0.1) is 11.9 Å². The molecule has 0 bridgehead atoms. The number of aromatic amines is 1. The second-order valence-corrected chi connectivity index (χ2v) is 7.05. The fraction of sp³-hybridized carbons (Fsp3) is 0.727. The Morgan fingerprint density at radius 3 is 2.94 bits per heavy atom. The topological polar surface area (TPSA) is 78.1 Å². The summed E-state index contributed by atoms with van der Waals surface area (Å²) in [4.78, 5) is 0.307. The first kappa shape index (κ1) is 12.1. The number of hydrogen-bond acceptors (Lipinski definition) is 4. The minimum absolute atomic E-state index is 0.307. The lowest BCUT2D eigenvalue weighted by molar-refractivity contribution is 0.339. The lowest BCUT2D eigenvalue weighted by Crippen LogP contribution is -2.41. The summed E-state index contributed by atoms with van der Waals surface area (Å²) in [6.45, 7) is 3.95. The van der Waals surface area contributed by atoms with E-state index in [0.717, 1.165) is 19.4 Å². The highest BCUT2D eigenvalue weighted by Gasteiger charge is 2.40. The molecule has 2 aliphatic heterocycles. The molecule has 100 valence electrons. The number of aromatic nitrogens is 2. The van der Waals surface area contributed by atoms with Gasteiger partial charge in [-0.1, -0.05) is 0 Å². The Balaban J connectivity index is 1.86. The first-order chi connectivity index (χ1) is 8.59. The summed E-state index contributed by atoms with van der Waals surface area (Å²) in [5.41, 5.74) is 0.609. The summed E-state index contributed by atoms with van der Waals surface area (Å²) in [7, 11) is -3.38. The maximum absolute atomic E-state index is 12.5. The van der Waals surface area contributed by atoms with Gasteiger partial charge in [0.1, 0.15) is 4.90 Å². The van der Waals surface area contributed by atoms with Crippen LogP contribution in [0, 0.1) is 12.8 Å². The number of fused-ring (bicyclic) bond motifs is 1. The average molecular weight is 270 g/mol. The van der Waals surface area contributed by atoms with Crippen molar-refractivity contribution in [2.75, 3.05) is 19.6 Å². The van der Waals surface area contributed by atoms with E-state index >= 15 is 0 Å². The Labute approximate surface area is 107 Å². The van der Waals surface area contributed by atoms with E-state index in [-0.39, 0.29) is 0 Å². The van der Waals surface area contributed by atoms with Crippen molar-refractivity contribution in [3.8, 4) is 0 Å². The fourth-order valence-electron chi connectivity index (χ4n) is 2.94. The Bertz CT molecular complexity index is 525. The highest BCUT2D eigenvalue weighted by molar-refractivity contribution is 7.89. The zero-order valence-electron chi connectivity index (χ0n) is 10.4. The Kier molecular flexibility index (Phi) is 2.91. The highest BCUT2D eigenvalue weighted by atomic mass is 32.2. The molecule has 2 fully saturated rings. The molecular weight excluding hydrogens is 252 g/mol. The minimum Gasteiger partial charge on any atom is -0.312 e. The van der Waals surface area contributed by atoms with E-state index in [1.807, 2.05) is 0 Å². The van der Waals surface area contributed by atoms with E-state index in [2.05, 4.69) is 15.5 Å². The maximum Gasteiger partial charge on any atom is 0.246 e. The molecule has 3 rings (SSSR count). The molecule has 6 nitrogen and oxygen atoms in total. The van der Waals surface area contributed by atoms with Crippen LogP contribution in [0.3, 0.4) is 0 Å². The van der Waals surface area contributed by atoms with Crippen LogP contribution in [0.5, 0.6) is 0 Å². The molecule has 0 spiro atoms. The van der Waals surface area contributed by atoms with Gasteiger partial charge in [-0.15, -0.1) is 0 Å². The smallest absolute Gasteiger partial charge is 0.246 e. The third-order valence-electron chi connectivity index (χ3n) is 3.97. The van der Waals surface area contributed by atoms with Crippen LogP contribution < -0.4 is 5.32 Å². The van der Waals surface area contributed by atoms with Crippen molar-refractivity contribution >= 4 is 10.0 Å². The van der Waals surface area contributed by atoms with Crippen LogP contribution in [0.4, 0.5) is 0 Å². The third-order valence-corrected chi connectivity index (χ3v) is 5.91. The van der Waals surface area contributed by atoms with Crippen LogP contribution >= 0.6 is 0 Å². The lowest BCUT2D eigenvalue weighted by atomic mass is 9.94. The highest BCUT2D eigenvalue weighted by Crippen LogP contribution is 2.29. The van der Waals surface area contributed by atoms with Gasteiger partial charge in [-0.25, -0.2) is 8.42 Å². The SMILES string of the molecule is Cc1[nH]ncc1S(=O)(=O)N1CC2CCCNC2C1. The fourth-order valence-corrected chi connectivity index (χ4v) is 4.58. The normalized spacial score (nSPS) is 29.4. The standard InChI is InChI=1S/C11H18N4O2S/c1-8-11(5-13-14-8)18(16,17)15-6-9-3-2-4-12-10(9)7-15/h5,9-10,12H,2-4,6-7H2,1H3,(H,13,14). The van der Waals surface area contributed by atoms with E-state index in [4.69, 9.17) is 0 Å². The molecule has 3 heterocycles. The minimum atomic E-state index is -3.38. The molecule has 0 saturated carbocycles. The van der Waals surface area contributed by atoms with Crippen molar-refractivity contribution in [1.82, 2.24) is 19.8 Å². The van der Waals surface area contributed by atoms with Gasteiger partial charge in [0.15, 0.2) is 0 Å². The van der Waals surface area contributed by atoms with Crippen molar-refractivity contribution in [1.29, 1.82) is 0 Å². The number of hydrogen-bond donors (Lipinski definition) is 2. The Morgan fingerprint density at radius 2 is 2.28 bits per heavy atom. The van der Waals surface area contributed by atoms with Crippen molar-refractivity contribution in [3.63, 3.8) is 0 Å². The van der Waals surface area contributed by atoms with E-state index in [1.54, 1.807) is 11.2 Å². The molecule has 0 amide bonds. The summed E-state index contributed by atoms with van der Waals surface area (Å²) in [5, 5.41) is 9.91. The first-order valence-electron chi connectivity index (χ1n) is 6.32. The largest absolute Gasteiger partial charge is 0.312 e. The molecule has 2 unspecified atom stereocenters. The third kappa shape index (κ3) is 1.86. The number of rotatable bonds is 2. The van der Waals surface area contributed by atoms with Crippen LogP contribution in [-0.4, -0.2) is 48.6 Å². The Morgan fingerprint density at radius 1 is 1.44 bits per heavy atom. The summed E-state index contributed by atoms with van der Waals surface area (Å²) in [5.74, 6) is 0.459. The number of H-pyrrole nitrogens is 1. The quantitative estimate of drug-likeness (QED) is 0.798. The second kappa shape index (κ2) is 4.32. The predicted molar refractivity (Wildman–Crippen MR) is 66.6 cm³/mol. The molecule has 1 aromatic rings. The molecular formula is C11H18N4O2S. The monoisotopic (exact) mass is 270 g/mol. The zero-order chi connectivity index (χ0) is 12.8. The molecule has 2 saturated heterocycles. The molecule has 0 radical (unpaired) electrons. The number of sulfonamides is 1. The van der Waals surface area contributed by atoms with Crippen molar-refractivity contribution in [2.24, 2.45) is 5.92 Å². The number of nitrogens with zero attached hydrogens (tertiary/aromatic N) is 2. The van der Waals surface area contributed by atoms with Gasteiger partial charge in [-0.3, -0.25) is 5.10 Å². The van der Waals surface area contributed by atoms with Gasteiger partial charge < -0.3 is 5.32 Å². The van der Waals surface area contributed by atoms with Gasteiger partial charge in [-0.05, 0) is 32.2 Å². The molecule has 1 aromatic heterocycles. The molecule has 2 aliphatic rings. The van der Waals surface area contributed by atoms with Gasteiger partial charge in [0, 0.05) is 19.1 Å². The lowest BCUT2D eigenvalue weighted by Gasteiger charge is -2.24. The number of nitrogens with one attached hydrogen (secondary N) is 2. The van der Waals surface area contributed by atoms with Crippen LogP contribution in [0.15, 0.2) is 11.1 Å². The van der Waals surface area contributed by atoms with Crippen molar-refractivity contribution < 1.29 is 8.42 Å². The number of aryl methyl sites for hydroxylation is 1.